The zero-order chi connectivity index (χ0) is 16.2. The minimum absolute atomic E-state index is 0.943. The second-order valence-corrected chi connectivity index (χ2v) is 6.24. The van der Waals surface area contributed by atoms with Gasteiger partial charge in [-0.05, 0) is 45.4 Å². The van der Waals surface area contributed by atoms with E-state index in [1.165, 1.54) is 50.5 Å². The Kier molecular flexibility index (Phi) is 9.62. The van der Waals surface area contributed by atoms with Crippen LogP contribution in [0.25, 0.3) is 0 Å². The molecule has 1 fully saturated rings. The maximum absolute atomic E-state index is 2.40. The maximum Gasteiger partial charge on any atom is -0.0200 e. The third kappa shape index (κ3) is 7.11. The molecule has 0 aromatic heterocycles. The number of hydrogen-bond acceptors (Lipinski definition) is 0. The molecule has 3 rings (SSSR count). The fourth-order valence-electron chi connectivity index (χ4n) is 3.11. The summed E-state index contributed by atoms with van der Waals surface area (Å²) in [5.74, 6) is 0.943. The molecule has 0 nitrogen and oxygen atoms in total. The van der Waals surface area contributed by atoms with Crippen LogP contribution in [-0.4, -0.2) is 0 Å². The van der Waals surface area contributed by atoms with Crippen molar-refractivity contribution in [3.63, 3.8) is 0 Å². The molecule has 2 aliphatic carbocycles. The Hall–Kier alpha value is -1.30. The Bertz CT molecular complexity index is 444. The van der Waals surface area contributed by atoms with Crippen LogP contribution in [-0.2, 0) is 0 Å². The molecule has 0 atom stereocenters. The van der Waals surface area contributed by atoms with Gasteiger partial charge in [0.25, 0.3) is 0 Å². The predicted octanol–water partition coefficient (Wildman–Crippen LogP) is 7.25. The fraction of sp³-hybridized carbons (Fsp3) is 0.545. The Morgan fingerprint density at radius 2 is 1.41 bits per heavy atom. The van der Waals surface area contributed by atoms with Gasteiger partial charge in [0.1, 0.15) is 0 Å². The second-order valence-electron chi connectivity index (χ2n) is 6.24. The van der Waals surface area contributed by atoms with E-state index in [-0.39, 0.29) is 0 Å². The first-order valence-electron chi connectivity index (χ1n) is 9.13. The molecule has 1 aromatic rings. The summed E-state index contributed by atoms with van der Waals surface area (Å²) in [6.45, 7) is 8.33. The van der Waals surface area contributed by atoms with Crippen molar-refractivity contribution < 1.29 is 0 Å². The highest BCUT2D eigenvalue weighted by atomic mass is 14.2. The molecule has 0 spiro atoms. The van der Waals surface area contributed by atoms with E-state index in [9.17, 15) is 0 Å². The van der Waals surface area contributed by atoms with Gasteiger partial charge in [-0.25, -0.2) is 0 Å². The Morgan fingerprint density at radius 1 is 0.773 bits per heavy atom. The normalized spacial score (nSPS) is 18.0. The third-order valence-corrected chi connectivity index (χ3v) is 4.46. The highest BCUT2D eigenvalue weighted by Gasteiger charge is 2.18. The van der Waals surface area contributed by atoms with Crippen LogP contribution in [0.2, 0.25) is 0 Å². The lowest BCUT2D eigenvalue weighted by Crippen LogP contribution is -2.10. The van der Waals surface area contributed by atoms with E-state index in [2.05, 4.69) is 38.1 Å². The molecule has 0 saturated heterocycles. The highest BCUT2D eigenvalue weighted by molar-refractivity contribution is 5.24. The lowest BCUT2D eigenvalue weighted by molar-refractivity contribution is 0.394. The summed E-state index contributed by atoms with van der Waals surface area (Å²) >= 11 is 0. The van der Waals surface area contributed by atoms with Gasteiger partial charge >= 0.3 is 0 Å². The Morgan fingerprint density at radius 3 is 1.86 bits per heavy atom. The largest absolute Gasteiger partial charge is 0.0730 e. The fourth-order valence-corrected chi connectivity index (χ4v) is 3.11. The number of rotatable bonds is 1. The van der Waals surface area contributed by atoms with E-state index in [0.717, 1.165) is 5.92 Å². The third-order valence-electron chi connectivity index (χ3n) is 4.46. The van der Waals surface area contributed by atoms with Gasteiger partial charge in [-0.15, -0.1) is 0 Å². The van der Waals surface area contributed by atoms with Crippen molar-refractivity contribution in [3.05, 3.63) is 59.2 Å². The number of benzene rings is 1. The SMILES string of the molecule is CC.CC1=CC=C(C2CCCCC2)CC1.Cc1ccccc1. The van der Waals surface area contributed by atoms with Crippen LogP contribution in [0.4, 0.5) is 0 Å². The summed E-state index contributed by atoms with van der Waals surface area (Å²) in [5, 5.41) is 0. The van der Waals surface area contributed by atoms with E-state index in [0.29, 0.717) is 0 Å². The van der Waals surface area contributed by atoms with Gasteiger partial charge in [0.2, 0.25) is 0 Å². The first-order chi connectivity index (χ1) is 10.8. The van der Waals surface area contributed by atoms with Crippen molar-refractivity contribution >= 4 is 0 Å². The zero-order valence-corrected chi connectivity index (χ0v) is 15.1. The van der Waals surface area contributed by atoms with E-state index >= 15 is 0 Å². The van der Waals surface area contributed by atoms with Crippen LogP contribution in [0.5, 0.6) is 0 Å². The molecule has 0 amide bonds. The first kappa shape index (κ1) is 18.7. The van der Waals surface area contributed by atoms with Gasteiger partial charge in [0, 0.05) is 0 Å². The minimum Gasteiger partial charge on any atom is -0.0730 e. The quantitative estimate of drug-likeness (QED) is 0.512. The number of aryl methyl sites for hydroxylation is 1. The van der Waals surface area contributed by atoms with Crippen molar-refractivity contribution in [2.24, 2.45) is 5.92 Å². The average molecular weight is 299 g/mol. The smallest absolute Gasteiger partial charge is 0.0200 e. The predicted molar refractivity (Wildman–Crippen MR) is 100 cm³/mol. The van der Waals surface area contributed by atoms with Crippen molar-refractivity contribution in [3.8, 4) is 0 Å². The molecule has 0 radical (unpaired) electrons. The summed E-state index contributed by atoms with van der Waals surface area (Å²) < 4.78 is 0. The molecule has 22 heavy (non-hydrogen) atoms. The van der Waals surface area contributed by atoms with Gasteiger partial charge in [-0.1, -0.05) is 92.3 Å². The van der Waals surface area contributed by atoms with E-state index in [4.69, 9.17) is 0 Å². The second kappa shape index (κ2) is 11.3. The highest BCUT2D eigenvalue weighted by Crippen LogP contribution is 2.34. The monoisotopic (exact) mass is 298 g/mol. The molecule has 0 heteroatoms. The maximum atomic E-state index is 2.40. The van der Waals surface area contributed by atoms with E-state index in [1.54, 1.807) is 11.1 Å². The topological polar surface area (TPSA) is 0 Å². The minimum atomic E-state index is 0.943. The van der Waals surface area contributed by atoms with Gasteiger partial charge < -0.3 is 0 Å². The molecular formula is C22H34. The molecular weight excluding hydrogens is 264 g/mol. The summed E-state index contributed by atoms with van der Waals surface area (Å²) in [6, 6.07) is 10.3. The number of hydrogen-bond donors (Lipinski definition) is 0. The zero-order valence-electron chi connectivity index (χ0n) is 15.1. The molecule has 0 unspecified atom stereocenters. The molecule has 0 bridgehead atoms. The molecule has 1 saturated carbocycles. The van der Waals surface area contributed by atoms with Crippen LogP contribution < -0.4 is 0 Å². The van der Waals surface area contributed by atoms with Crippen LogP contribution in [0.15, 0.2) is 53.6 Å². The summed E-state index contributed by atoms with van der Waals surface area (Å²) in [5.41, 5.74) is 4.62. The molecule has 0 aliphatic heterocycles. The molecule has 0 heterocycles. The molecule has 122 valence electrons. The van der Waals surface area contributed by atoms with Crippen LogP contribution in [0.1, 0.15) is 71.3 Å². The summed E-state index contributed by atoms with van der Waals surface area (Å²) in [4.78, 5) is 0. The van der Waals surface area contributed by atoms with Crippen molar-refractivity contribution in [1.82, 2.24) is 0 Å². The van der Waals surface area contributed by atoms with Crippen molar-refractivity contribution in [1.29, 1.82) is 0 Å². The first-order valence-corrected chi connectivity index (χ1v) is 9.13. The van der Waals surface area contributed by atoms with E-state index in [1.807, 2.05) is 32.0 Å². The van der Waals surface area contributed by atoms with E-state index < -0.39 is 0 Å². The number of allylic oxidation sites excluding steroid dienone is 4. The van der Waals surface area contributed by atoms with Gasteiger partial charge in [-0.3, -0.25) is 0 Å². The van der Waals surface area contributed by atoms with Crippen molar-refractivity contribution in [2.75, 3.05) is 0 Å². The van der Waals surface area contributed by atoms with Gasteiger partial charge in [-0.2, -0.15) is 0 Å². The van der Waals surface area contributed by atoms with Crippen LogP contribution >= 0.6 is 0 Å². The Labute approximate surface area is 138 Å². The molecule has 0 N–H and O–H groups in total. The van der Waals surface area contributed by atoms with Gasteiger partial charge in [0.05, 0.1) is 0 Å². The lowest BCUT2D eigenvalue weighted by atomic mass is 9.80. The summed E-state index contributed by atoms with van der Waals surface area (Å²) in [7, 11) is 0. The van der Waals surface area contributed by atoms with Crippen LogP contribution in [0, 0.1) is 12.8 Å². The Balaban J connectivity index is 0.000000228. The molecule has 2 aliphatic rings. The van der Waals surface area contributed by atoms with Crippen LogP contribution in [0.3, 0.4) is 0 Å². The van der Waals surface area contributed by atoms with Gasteiger partial charge in [0.15, 0.2) is 0 Å². The lowest BCUT2D eigenvalue weighted by Gasteiger charge is -2.26. The average Bonchev–Trinajstić information content (AvgIpc) is 2.59. The standard InChI is InChI=1S/C13H20.C7H8.C2H6/c1-11-7-9-13(10-8-11)12-5-3-2-4-6-12;1-7-5-3-2-4-6-7;1-2/h7,9,12H,2-6,8,10H2,1H3;2-6H,1H3;1-2H3. The molecule has 1 aromatic carbocycles. The van der Waals surface area contributed by atoms with Crippen molar-refractivity contribution in [2.45, 2.75) is 72.6 Å². The summed E-state index contributed by atoms with van der Waals surface area (Å²) in [6.07, 6.45) is 14.7.